The van der Waals surface area contributed by atoms with Crippen LogP contribution in [0.5, 0.6) is 0 Å². The van der Waals surface area contributed by atoms with Gasteiger partial charge in [0.1, 0.15) is 0 Å². The lowest BCUT2D eigenvalue weighted by Gasteiger charge is -2.36. The molecular weight excluding hydrogens is 266 g/mol. The molecule has 2 amide bonds. The van der Waals surface area contributed by atoms with Crippen LogP contribution in [0.25, 0.3) is 0 Å². The number of amides is 2. The number of nitrogens with zero attached hydrogens (tertiary/aromatic N) is 1. The van der Waals surface area contributed by atoms with E-state index in [1.54, 1.807) is 6.08 Å². The molecule has 114 valence electrons. The minimum Gasteiger partial charge on any atom is -0.372 e. The van der Waals surface area contributed by atoms with E-state index in [1.807, 2.05) is 24.3 Å². The Bertz CT molecular complexity index is 477. The van der Waals surface area contributed by atoms with Crippen molar-refractivity contribution in [1.82, 2.24) is 5.32 Å². The first-order valence-corrected chi connectivity index (χ1v) is 7.24. The van der Waals surface area contributed by atoms with Gasteiger partial charge in [-0.05, 0) is 38.1 Å². The Kier molecular flexibility index (Phi) is 5.22. The molecule has 1 heterocycles. The van der Waals surface area contributed by atoms with Gasteiger partial charge in [-0.1, -0.05) is 6.08 Å². The summed E-state index contributed by atoms with van der Waals surface area (Å²) in [7, 11) is 0. The van der Waals surface area contributed by atoms with E-state index in [0.29, 0.717) is 6.54 Å². The summed E-state index contributed by atoms with van der Waals surface area (Å²) < 4.78 is 5.74. The van der Waals surface area contributed by atoms with Crippen LogP contribution in [0.15, 0.2) is 36.9 Å². The number of carbonyl (C=O) groups excluding carboxylic acids is 1. The molecule has 0 aliphatic carbocycles. The van der Waals surface area contributed by atoms with E-state index < -0.39 is 0 Å². The van der Waals surface area contributed by atoms with Gasteiger partial charge < -0.3 is 20.3 Å². The highest BCUT2D eigenvalue weighted by molar-refractivity contribution is 5.89. The van der Waals surface area contributed by atoms with Crippen molar-refractivity contribution in [2.75, 3.05) is 29.9 Å². The highest BCUT2D eigenvalue weighted by Crippen LogP contribution is 2.22. The summed E-state index contributed by atoms with van der Waals surface area (Å²) in [5.74, 6) is 0. The number of rotatable bonds is 4. The second-order valence-corrected chi connectivity index (χ2v) is 5.33. The maximum absolute atomic E-state index is 11.5. The topological polar surface area (TPSA) is 53.6 Å². The van der Waals surface area contributed by atoms with Crippen LogP contribution >= 0.6 is 0 Å². The van der Waals surface area contributed by atoms with Gasteiger partial charge in [0.05, 0.1) is 12.2 Å². The molecule has 0 bridgehead atoms. The number of ether oxygens (including phenoxy) is 1. The second kappa shape index (κ2) is 7.13. The number of nitrogens with one attached hydrogen (secondary N) is 2. The van der Waals surface area contributed by atoms with Gasteiger partial charge in [-0.25, -0.2) is 4.79 Å². The average molecular weight is 289 g/mol. The Morgan fingerprint density at radius 2 is 1.95 bits per heavy atom. The highest BCUT2D eigenvalue weighted by Gasteiger charge is 2.22. The van der Waals surface area contributed by atoms with Crippen molar-refractivity contribution in [3.63, 3.8) is 0 Å². The minimum absolute atomic E-state index is 0.226. The first-order chi connectivity index (χ1) is 10.1. The van der Waals surface area contributed by atoms with E-state index >= 15 is 0 Å². The molecule has 2 rings (SSSR count). The van der Waals surface area contributed by atoms with Crippen molar-refractivity contribution in [2.45, 2.75) is 26.1 Å². The molecule has 21 heavy (non-hydrogen) atoms. The van der Waals surface area contributed by atoms with Gasteiger partial charge in [0.25, 0.3) is 0 Å². The predicted molar refractivity (Wildman–Crippen MR) is 85.9 cm³/mol. The minimum atomic E-state index is -0.226. The Labute approximate surface area is 126 Å². The van der Waals surface area contributed by atoms with Crippen LogP contribution in [0.1, 0.15) is 13.8 Å². The highest BCUT2D eigenvalue weighted by atomic mass is 16.5. The average Bonchev–Trinajstić information content (AvgIpc) is 2.45. The molecule has 5 heteroatoms. The third-order valence-corrected chi connectivity index (χ3v) is 3.32. The molecule has 2 atom stereocenters. The quantitative estimate of drug-likeness (QED) is 0.838. The van der Waals surface area contributed by atoms with E-state index in [2.05, 4.69) is 36.0 Å². The first kappa shape index (κ1) is 15.4. The van der Waals surface area contributed by atoms with Crippen molar-refractivity contribution in [2.24, 2.45) is 0 Å². The van der Waals surface area contributed by atoms with Crippen LogP contribution in [0.3, 0.4) is 0 Å². The smallest absolute Gasteiger partial charge is 0.319 e. The van der Waals surface area contributed by atoms with Crippen LogP contribution in [-0.4, -0.2) is 37.9 Å². The Hall–Kier alpha value is -2.01. The van der Waals surface area contributed by atoms with Gasteiger partial charge in [0.15, 0.2) is 0 Å². The molecule has 0 spiro atoms. The fourth-order valence-corrected chi connectivity index (χ4v) is 2.48. The zero-order valence-electron chi connectivity index (χ0n) is 12.6. The van der Waals surface area contributed by atoms with E-state index in [-0.39, 0.29) is 18.2 Å². The summed E-state index contributed by atoms with van der Waals surface area (Å²) in [5.41, 5.74) is 1.92. The molecule has 0 aromatic heterocycles. The standard InChI is InChI=1S/C16H23N3O2/c1-4-9-17-16(20)18-14-5-7-15(8-6-14)19-10-12(2)21-13(3)11-19/h4-8,12-13H,1,9-11H2,2-3H3,(H2,17,18,20)/t12-,13-/m0/s1. The van der Waals surface area contributed by atoms with Gasteiger partial charge in [-0.15, -0.1) is 6.58 Å². The molecule has 1 aliphatic rings. The summed E-state index contributed by atoms with van der Waals surface area (Å²) in [4.78, 5) is 13.9. The van der Waals surface area contributed by atoms with Crippen molar-refractivity contribution >= 4 is 17.4 Å². The maximum Gasteiger partial charge on any atom is 0.319 e. The third kappa shape index (κ3) is 4.49. The number of hydrogen-bond acceptors (Lipinski definition) is 3. The molecule has 5 nitrogen and oxygen atoms in total. The number of urea groups is 1. The summed E-state index contributed by atoms with van der Waals surface area (Å²) in [6, 6.07) is 7.64. The van der Waals surface area contributed by atoms with E-state index in [0.717, 1.165) is 24.5 Å². The summed E-state index contributed by atoms with van der Waals surface area (Å²) in [6.45, 7) is 9.95. The molecule has 2 N–H and O–H groups in total. The molecule has 0 unspecified atom stereocenters. The number of benzene rings is 1. The van der Waals surface area contributed by atoms with E-state index in [4.69, 9.17) is 4.74 Å². The van der Waals surface area contributed by atoms with E-state index in [1.165, 1.54) is 0 Å². The number of anilines is 2. The molecule has 1 aromatic carbocycles. The zero-order valence-corrected chi connectivity index (χ0v) is 12.6. The SMILES string of the molecule is C=CCNC(=O)Nc1ccc(N2C[C@H](C)O[C@@H](C)C2)cc1. The van der Waals surface area contributed by atoms with Gasteiger partial charge in [-0.3, -0.25) is 0 Å². The van der Waals surface area contributed by atoms with Gasteiger partial charge >= 0.3 is 6.03 Å². The fraction of sp³-hybridized carbons (Fsp3) is 0.438. The lowest BCUT2D eigenvalue weighted by Crippen LogP contribution is -2.45. The number of carbonyl (C=O) groups is 1. The lowest BCUT2D eigenvalue weighted by molar-refractivity contribution is -0.00521. The number of morpholine rings is 1. The van der Waals surface area contributed by atoms with Gasteiger partial charge in [0, 0.05) is 31.0 Å². The lowest BCUT2D eigenvalue weighted by atomic mass is 10.2. The monoisotopic (exact) mass is 289 g/mol. The van der Waals surface area contributed by atoms with Crippen LogP contribution < -0.4 is 15.5 Å². The third-order valence-electron chi connectivity index (χ3n) is 3.32. The van der Waals surface area contributed by atoms with Crippen molar-refractivity contribution in [1.29, 1.82) is 0 Å². The predicted octanol–water partition coefficient (Wildman–Crippen LogP) is 2.61. The molecular formula is C16H23N3O2. The van der Waals surface area contributed by atoms with Gasteiger partial charge in [0.2, 0.25) is 0 Å². The Balaban J connectivity index is 1.95. The van der Waals surface area contributed by atoms with Crippen LogP contribution in [-0.2, 0) is 4.74 Å². The molecule has 1 saturated heterocycles. The van der Waals surface area contributed by atoms with E-state index in [9.17, 15) is 4.79 Å². The molecule has 1 fully saturated rings. The van der Waals surface area contributed by atoms with Crippen molar-refractivity contribution in [3.05, 3.63) is 36.9 Å². The van der Waals surface area contributed by atoms with Crippen LogP contribution in [0, 0.1) is 0 Å². The fourth-order valence-electron chi connectivity index (χ4n) is 2.48. The van der Waals surface area contributed by atoms with Crippen molar-refractivity contribution in [3.8, 4) is 0 Å². The normalized spacial score (nSPS) is 21.7. The summed E-state index contributed by atoms with van der Waals surface area (Å²) in [6.07, 6.45) is 2.11. The molecule has 0 radical (unpaired) electrons. The van der Waals surface area contributed by atoms with Crippen LogP contribution in [0.2, 0.25) is 0 Å². The Morgan fingerprint density at radius 1 is 1.33 bits per heavy atom. The molecule has 1 aliphatic heterocycles. The summed E-state index contributed by atoms with van der Waals surface area (Å²) in [5, 5.41) is 5.46. The molecule has 1 aromatic rings. The first-order valence-electron chi connectivity index (χ1n) is 7.24. The summed E-state index contributed by atoms with van der Waals surface area (Å²) >= 11 is 0. The number of hydrogen-bond donors (Lipinski definition) is 2. The second-order valence-electron chi connectivity index (χ2n) is 5.33. The van der Waals surface area contributed by atoms with Gasteiger partial charge in [-0.2, -0.15) is 0 Å². The zero-order chi connectivity index (χ0) is 15.2. The maximum atomic E-state index is 11.5. The molecule has 0 saturated carbocycles. The van der Waals surface area contributed by atoms with Crippen molar-refractivity contribution < 1.29 is 9.53 Å². The Morgan fingerprint density at radius 3 is 2.52 bits per heavy atom. The van der Waals surface area contributed by atoms with Crippen LogP contribution in [0.4, 0.5) is 16.2 Å². The largest absolute Gasteiger partial charge is 0.372 e.